The van der Waals surface area contributed by atoms with Gasteiger partial charge in [0.1, 0.15) is 0 Å². The topological polar surface area (TPSA) is 38.0 Å². The van der Waals surface area contributed by atoms with Gasteiger partial charge < -0.3 is 11.1 Å². The molecule has 9 heavy (non-hydrogen) atoms. The van der Waals surface area contributed by atoms with Gasteiger partial charge in [-0.1, -0.05) is 13.3 Å². The van der Waals surface area contributed by atoms with Gasteiger partial charge in [-0.15, -0.1) is 0 Å². The highest BCUT2D eigenvalue weighted by Crippen LogP contribution is 2.17. The second kappa shape index (κ2) is 3.18. The molecule has 0 aromatic heterocycles. The van der Waals surface area contributed by atoms with Crippen molar-refractivity contribution in [2.24, 2.45) is 17.6 Å². The third-order valence-corrected chi connectivity index (χ3v) is 2.31. The zero-order chi connectivity index (χ0) is 6.69. The van der Waals surface area contributed by atoms with E-state index in [0.29, 0.717) is 0 Å². The van der Waals surface area contributed by atoms with Crippen LogP contribution in [0.3, 0.4) is 0 Å². The molecule has 0 radical (unpaired) electrons. The van der Waals surface area contributed by atoms with Crippen LogP contribution in [0.2, 0.25) is 0 Å². The smallest absolute Gasteiger partial charge is 0.000520 e. The summed E-state index contributed by atoms with van der Waals surface area (Å²) in [5.74, 6) is 1.59. The van der Waals surface area contributed by atoms with E-state index in [-0.39, 0.29) is 0 Å². The van der Waals surface area contributed by atoms with E-state index in [0.717, 1.165) is 24.9 Å². The van der Waals surface area contributed by atoms with E-state index in [1.807, 2.05) is 0 Å². The van der Waals surface area contributed by atoms with Gasteiger partial charge in [-0.05, 0) is 31.5 Å². The molecule has 1 saturated heterocycles. The fraction of sp³-hybridized carbons (Fsp3) is 1.00. The molecule has 0 aromatic rings. The lowest BCUT2D eigenvalue weighted by molar-refractivity contribution is 0.416. The number of hydrogen-bond acceptors (Lipinski definition) is 2. The number of nitrogens with one attached hydrogen (secondary N) is 1. The molecule has 0 bridgehead atoms. The summed E-state index contributed by atoms with van der Waals surface area (Å²) in [4.78, 5) is 0. The summed E-state index contributed by atoms with van der Waals surface area (Å²) in [5, 5.41) is 3.34. The maximum absolute atomic E-state index is 5.56. The fourth-order valence-corrected chi connectivity index (χ4v) is 1.54. The highest BCUT2D eigenvalue weighted by Gasteiger charge is 2.23. The SMILES string of the molecule is CC[C@H]1CNC[C@@H]1CN. The van der Waals surface area contributed by atoms with Gasteiger partial charge in [-0.3, -0.25) is 0 Å². The zero-order valence-corrected chi connectivity index (χ0v) is 6.06. The number of hydrogen-bond donors (Lipinski definition) is 2. The summed E-state index contributed by atoms with van der Waals surface area (Å²) >= 11 is 0. The molecule has 2 nitrogen and oxygen atoms in total. The van der Waals surface area contributed by atoms with Gasteiger partial charge in [-0.25, -0.2) is 0 Å². The molecule has 54 valence electrons. The Morgan fingerprint density at radius 1 is 1.44 bits per heavy atom. The highest BCUT2D eigenvalue weighted by atomic mass is 14.9. The molecule has 0 unspecified atom stereocenters. The summed E-state index contributed by atoms with van der Waals surface area (Å²) in [6.07, 6.45) is 1.27. The van der Waals surface area contributed by atoms with Gasteiger partial charge in [0.25, 0.3) is 0 Å². The molecule has 0 spiro atoms. The van der Waals surface area contributed by atoms with Gasteiger partial charge in [0.2, 0.25) is 0 Å². The maximum Gasteiger partial charge on any atom is -0.000520 e. The first-order chi connectivity index (χ1) is 4.38. The normalized spacial score (nSPS) is 35.3. The summed E-state index contributed by atoms with van der Waals surface area (Å²) in [5.41, 5.74) is 5.56. The van der Waals surface area contributed by atoms with Crippen LogP contribution in [0.5, 0.6) is 0 Å². The first-order valence-corrected chi connectivity index (χ1v) is 3.79. The predicted molar refractivity (Wildman–Crippen MR) is 39.2 cm³/mol. The van der Waals surface area contributed by atoms with E-state index in [1.165, 1.54) is 13.0 Å². The maximum atomic E-state index is 5.56. The van der Waals surface area contributed by atoms with E-state index in [1.54, 1.807) is 0 Å². The van der Waals surface area contributed by atoms with Gasteiger partial charge in [0.05, 0.1) is 0 Å². The van der Waals surface area contributed by atoms with Crippen molar-refractivity contribution < 1.29 is 0 Å². The lowest BCUT2D eigenvalue weighted by atomic mass is 9.94. The second-order valence-corrected chi connectivity index (χ2v) is 2.82. The lowest BCUT2D eigenvalue weighted by Gasteiger charge is -2.12. The van der Waals surface area contributed by atoms with Crippen molar-refractivity contribution in [3.8, 4) is 0 Å². The van der Waals surface area contributed by atoms with Gasteiger partial charge in [0.15, 0.2) is 0 Å². The average molecular weight is 128 g/mol. The summed E-state index contributed by atoms with van der Waals surface area (Å²) in [7, 11) is 0. The monoisotopic (exact) mass is 128 g/mol. The van der Waals surface area contributed by atoms with Crippen LogP contribution < -0.4 is 11.1 Å². The molecule has 3 N–H and O–H groups in total. The lowest BCUT2D eigenvalue weighted by Crippen LogP contribution is -2.21. The second-order valence-electron chi connectivity index (χ2n) is 2.82. The Bertz CT molecular complexity index is 73.0. The Kier molecular flexibility index (Phi) is 2.49. The van der Waals surface area contributed by atoms with Crippen LogP contribution in [-0.2, 0) is 0 Å². The van der Waals surface area contributed by atoms with Crippen LogP contribution in [0.1, 0.15) is 13.3 Å². The molecule has 1 rings (SSSR count). The summed E-state index contributed by atoms with van der Waals surface area (Å²) in [6, 6.07) is 0. The average Bonchev–Trinajstić information content (AvgIpc) is 2.33. The quantitative estimate of drug-likeness (QED) is 0.557. The van der Waals surface area contributed by atoms with Crippen molar-refractivity contribution in [2.45, 2.75) is 13.3 Å². The predicted octanol–water partition coefficient (Wildman–Crippen LogP) is 0.191. The Morgan fingerprint density at radius 2 is 2.11 bits per heavy atom. The van der Waals surface area contributed by atoms with Crippen molar-refractivity contribution in [1.29, 1.82) is 0 Å². The summed E-state index contributed by atoms with van der Waals surface area (Å²) < 4.78 is 0. The first-order valence-electron chi connectivity index (χ1n) is 3.79. The van der Waals surface area contributed by atoms with Crippen LogP contribution in [0.15, 0.2) is 0 Å². The Labute approximate surface area is 56.8 Å². The zero-order valence-electron chi connectivity index (χ0n) is 6.06. The van der Waals surface area contributed by atoms with Crippen molar-refractivity contribution in [3.05, 3.63) is 0 Å². The highest BCUT2D eigenvalue weighted by molar-refractivity contribution is 4.80. The third-order valence-electron chi connectivity index (χ3n) is 2.31. The fourth-order valence-electron chi connectivity index (χ4n) is 1.54. The van der Waals surface area contributed by atoms with Gasteiger partial charge in [0, 0.05) is 0 Å². The molecule has 1 heterocycles. The first kappa shape index (κ1) is 7.03. The largest absolute Gasteiger partial charge is 0.330 e. The van der Waals surface area contributed by atoms with Gasteiger partial charge in [-0.2, -0.15) is 0 Å². The van der Waals surface area contributed by atoms with E-state index >= 15 is 0 Å². The number of rotatable bonds is 2. The molecular formula is C7H16N2. The molecular weight excluding hydrogens is 112 g/mol. The molecule has 0 saturated carbocycles. The molecule has 1 aliphatic heterocycles. The Balaban J connectivity index is 2.32. The molecule has 0 aromatic carbocycles. The molecule has 0 aliphatic carbocycles. The van der Waals surface area contributed by atoms with Gasteiger partial charge >= 0.3 is 0 Å². The van der Waals surface area contributed by atoms with Crippen molar-refractivity contribution in [3.63, 3.8) is 0 Å². The molecule has 0 amide bonds. The number of nitrogens with two attached hydrogens (primary N) is 1. The van der Waals surface area contributed by atoms with Crippen LogP contribution >= 0.6 is 0 Å². The minimum atomic E-state index is 0.745. The summed E-state index contributed by atoms with van der Waals surface area (Å²) in [6.45, 7) is 5.40. The Hall–Kier alpha value is -0.0800. The third kappa shape index (κ3) is 1.43. The van der Waals surface area contributed by atoms with Crippen LogP contribution in [0.25, 0.3) is 0 Å². The molecule has 1 aliphatic rings. The van der Waals surface area contributed by atoms with Crippen LogP contribution in [-0.4, -0.2) is 19.6 Å². The van der Waals surface area contributed by atoms with Crippen molar-refractivity contribution in [1.82, 2.24) is 5.32 Å². The molecule has 2 atom stereocenters. The van der Waals surface area contributed by atoms with E-state index < -0.39 is 0 Å². The van der Waals surface area contributed by atoms with E-state index in [9.17, 15) is 0 Å². The standard InChI is InChI=1S/C7H16N2/c1-2-6-4-9-5-7(6)3-8/h6-7,9H,2-5,8H2,1H3/t6-,7-/m0/s1. The van der Waals surface area contributed by atoms with E-state index in [2.05, 4.69) is 12.2 Å². The Morgan fingerprint density at radius 3 is 2.56 bits per heavy atom. The van der Waals surface area contributed by atoms with E-state index in [4.69, 9.17) is 5.73 Å². The minimum Gasteiger partial charge on any atom is -0.330 e. The molecule has 1 fully saturated rings. The minimum absolute atomic E-state index is 0.745. The van der Waals surface area contributed by atoms with Crippen LogP contribution in [0, 0.1) is 11.8 Å². The van der Waals surface area contributed by atoms with Crippen molar-refractivity contribution in [2.75, 3.05) is 19.6 Å². The van der Waals surface area contributed by atoms with Crippen molar-refractivity contribution >= 4 is 0 Å². The van der Waals surface area contributed by atoms with Crippen LogP contribution in [0.4, 0.5) is 0 Å². The molecule has 2 heteroatoms.